The molecule has 0 radical (unpaired) electrons. The van der Waals surface area contributed by atoms with Gasteiger partial charge in [-0.2, -0.15) is 4.68 Å². The van der Waals surface area contributed by atoms with Gasteiger partial charge in [-0.1, -0.05) is 37.5 Å². The summed E-state index contributed by atoms with van der Waals surface area (Å²) in [7, 11) is 1.82. The number of nitrogens with one attached hydrogen (secondary N) is 1. The minimum atomic E-state index is -0.614. The van der Waals surface area contributed by atoms with Crippen LogP contribution in [-0.4, -0.2) is 45.0 Å². The number of aromatic nitrogens is 4. The minimum absolute atomic E-state index is 0.187. The molecule has 1 fully saturated rings. The molecule has 0 saturated heterocycles. The lowest BCUT2D eigenvalue weighted by molar-refractivity contribution is 0.0936. The quantitative estimate of drug-likeness (QED) is 0.691. The largest absolute Gasteiger partial charge is 0.454 e. The molecular formula is C22H24N6O3. The molecule has 160 valence electrons. The van der Waals surface area contributed by atoms with E-state index in [2.05, 4.69) is 20.8 Å². The maximum atomic E-state index is 13.2. The number of benzene rings is 2. The number of tetrazole rings is 1. The number of hydrogen-bond acceptors (Lipinski definition) is 6. The van der Waals surface area contributed by atoms with Gasteiger partial charge in [0.2, 0.25) is 6.79 Å². The molecule has 3 aromatic rings. The van der Waals surface area contributed by atoms with Crippen molar-refractivity contribution < 1.29 is 14.3 Å². The standard InChI is InChI=1S/C22H24N6O3/c1-27(21(29)23-16-8-4-2-5-9-16)22(12-6-3-7-13-22)20-24-25-26-28(20)17-10-11-18-19(14-17)31-15-30-18/h2,4-5,8-11,14H,3,6-7,12-13,15H2,1H3,(H,23,29). The van der Waals surface area contributed by atoms with Crippen LogP contribution >= 0.6 is 0 Å². The first-order chi connectivity index (χ1) is 15.2. The Labute approximate surface area is 180 Å². The molecule has 0 atom stereocenters. The molecule has 9 heteroatoms. The molecule has 2 heterocycles. The molecule has 2 amide bonds. The summed E-state index contributed by atoms with van der Waals surface area (Å²) in [5.41, 5.74) is 0.906. The summed E-state index contributed by atoms with van der Waals surface area (Å²) in [6, 6.07) is 14.9. The molecule has 0 bridgehead atoms. The fourth-order valence-electron chi connectivity index (χ4n) is 4.44. The molecule has 1 aliphatic carbocycles. The van der Waals surface area contributed by atoms with Crippen LogP contribution in [0.15, 0.2) is 48.5 Å². The van der Waals surface area contributed by atoms with Crippen molar-refractivity contribution in [3.05, 3.63) is 54.4 Å². The summed E-state index contributed by atoms with van der Waals surface area (Å²) in [6.07, 6.45) is 4.70. The highest BCUT2D eigenvalue weighted by Crippen LogP contribution is 2.42. The zero-order chi connectivity index (χ0) is 21.3. The van der Waals surface area contributed by atoms with Gasteiger partial charge in [-0.15, -0.1) is 5.10 Å². The summed E-state index contributed by atoms with van der Waals surface area (Å²) in [5.74, 6) is 2.01. The first kappa shape index (κ1) is 19.3. The summed E-state index contributed by atoms with van der Waals surface area (Å²) in [6.45, 7) is 0.202. The average molecular weight is 420 g/mol. The lowest BCUT2D eigenvalue weighted by Gasteiger charge is -2.43. The number of fused-ring (bicyclic) bond motifs is 1. The van der Waals surface area contributed by atoms with Crippen LogP contribution in [0, 0.1) is 0 Å². The average Bonchev–Trinajstić information content (AvgIpc) is 3.49. The molecule has 2 aliphatic rings. The number of carbonyl (C=O) groups is 1. The molecular weight excluding hydrogens is 396 g/mol. The van der Waals surface area contributed by atoms with Crippen LogP contribution in [0.1, 0.15) is 37.9 Å². The van der Waals surface area contributed by atoms with Crippen LogP contribution in [-0.2, 0) is 5.54 Å². The maximum Gasteiger partial charge on any atom is 0.322 e. The van der Waals surface area contributed by atoms with Gasteiger partial charge in [-0.05, 0) is 47.5 Å². The van der Waals surface area contributed by atoms with Crippen molar-refractivity contribution in [3.63, 3.8) is 0 Å². The van der Waals surface area contributed by atoms with Gasteiger partial charge in [0.15, 0.2) is 17.3 Å². The number of nitrogens with zero attached hydrogens (tertiary/aromatic N) is 5. The first-order valence-corrected chi connectivity index (χ1v) is 10.5. The van der Waals surface area contributed by atoms with Crippen LogP contribution in [0.3, 0.4) is 0 Å². The number of hydrogen-bond donors (Lipinski definition) is 1. The first-order valence-electron chi connectivity index (χ1n) is 10.5. The Morgan fingerprint density at radius 1 is 1.06 bits per heavy atom. The summed E-state index contributed by atoms with van der Waals surface area (Å²) in [5, 5.41) is 15.6. The number of urea groups is 1. The van der Waals surface area contributed by atoms with E-state index in [1.165, 1.54) is 0 Å². The zero-order valence-electron chi connectivity index (χ0n) is 17.3. The van der Waals surface area contributed by atoms with Crippen LogP contribution in [0.25, 0.3) is 5.69 Å². The predicted octanol–water partition coefficient (Wildman–Crippen LogP) is 3.71. The molecule has 1 N–H and O–H groups in total. The summed E-state index contributed by atoms with van der Waals surface area (Å²) in [4.78, 5) is 15.0. The van der Waals surface area contributed by atoms with Crippen LogP contribution in [0.2, 0.25) is 0 Å². The van der Waals surface area contributed by atoms with Crippen LogP contribution in [0.5, 0.6) is 11.5 Å². The number of para-hydroxylation sites is 1. The van der Waals surface area contributed by atoms with E-state index < -0.39 is 5.54 Å². The van der Waals surface area contributed by atoms with Gasteiger partial charge in [0.1, 0.15) is 5.54 Å². The van der Waals surface area contributed by atoms with Crippen LogP contribution < -0.4 is 14.8 Å². The van der Waals surface area contributed by atoms with E-state index in [1.807, 2.05) is 55.6 Å². The third-order valence-electron chi connectivity index (χ3n) is 6.14. The molecule has 1 saturated carbocycles. The van der Waals surface area contributed by atoms with E-state index in [0.29, 0.717) is 17.3 Å². The number of amides is 2. The molecule has 5 rings (SSSR count). The van der Waals surface area contributed by atoms with Gasteiger partial charge in [0.05, 0.1) is 5.69 Å². The lowest BCUT2D eigenvalue weighted by atomic mass is 9.79. The second-order valence-electron chi connectivity index (χ2n) is 7.90. The molecule has 0 unspecified atom stereocenters. The third-order valence-corrected chi connectivity index (χ3v) is 6.14. The lowest BCUT2D eigenvalue weighted by Crippen LogP contribution is -2.51. The predicted molar refractivity (Wildman–Crippen MR) is 113 cm³/mol. The summed E-state index contributed by atoms with van der Waals surface area (Å²) < 4.78 is 12.6. The van der Waals surface area contributed by atoms with Crippen molar-refractivity contribution in [2.45, 2.75) is 37.6 Å². The Kier molecular flexibility index (Phi) is 4.93. The van der Waals surface area contributed by atoms with Crippen molar-refractivity contribution in [3.8, 4) is 17.2 Å². The van der Waals surface area contributed by atoms with Crippen molar-refractivity contribution >= 4 is 11.7 Å². The maximum absolute atomic E-state index is 13.2. The molecule has 1 aliphatic heterocycles. The van der Waals surface area contributed by atoms with Crippen molar-refractivity contribution in [1.82, 2.24) is 25.1 Å². The van der Waals surface area contributed by atoms with Gasteiger partial charge in [0, 0.05) is 18.8 Å². The van der Waals surface area contributed by atoms with Gasteiger partial charge in [0.25, 0.3) is 0 Å². The van der Waals surface area contributed by atoms with E-state index in [0.717, 1.165) is 43.5 Å². The number of anilines is 1. The van der Waals surface area contributed by atoms with E-state index in [1.54, 1.807) is 9.58 Å². The van der Waals surface area contributed by atoms with E-state index in [9.17, 15) is 4.79 Å². The smallest absolute Gasteiger partial charge is 0.322 e. The Bertz CT molecular complexity index is 1080. The van der Waals surface area contributed by atoms with E-state index in [4.69, 9.17) is 9.47 Å². The second-order valence-corrected chi connectivity index (χ2v) is 7.90. The topological polar surface area (TPSA) is 94.4 Å². The molecule has 31 heavy (non-hydrogen) atoms. The minimum Gasteiger partial charge on any atom is -0.454 e. The SMILES string of the molecule is CN(C(=O)Nc1ccccc1)C1(c2nnnn2-c2ccc3c(c2)OCO3)CCCCC1. The Balaban J connectivity index is 1.51. The number of ether oxygens (including phenoxy) is 2. The van der Waals surface area contributed by atoms with Gasteiger partial charge < -0.3 is 19.7 Å². The molecule has 0 spiro atoms. The Morgan fingerprint density at radius 3 is 2.65 bits per heavy atom. The Hall–Kier alpha value is -3.62. The molecule has 1 aromatic heterocycles. The molecule has 9 nitrogen and oxygen atoms in total. The second kappa shape index (κ2) is 7.90. The van der Waals surface area contributed by atoms with Crippen molar-refractivity contribution in [2.24, 2.45) is 0 Å². The monoisotopic (exact) mass is 420 g/mol. The zero-order valence-corrected chi connectivity index (χ0v) is 17.3. The highest BCUT2D eigenvalue weighted by atomic mass is 16.7. The third kappa shape index (κ3) is 3.45. The number of rotatable bonds is 4. The highest BCUT2D eigenvalue weighted by molar-refractivity contribution is 5.89. The number of carbonyl (C=O) groups excluding carboxylic acids is 1. The van der Waals surface area contributed by atoms with Gasteiger partial charge >= 0.3 is 6.03 Å². The Morgan fingerprint density at radius 2 is 1.84 bits per heavy atom. The highest BCUT2D eigenvalue weighted by Gasteiger charge is 2.45. The molecule has 2 aromatic carbocycles. The summed E-state index contributed by atoms with van der Waals surface area (Å²) >= 11 is 0. The van der Waals surface area contributed by atoms with Gasteiger partial charge in [-0.25, -0.2) is 4.79 Å². The van der Waals surface area contributed by atoms with E-state index in [-0.39, 0.29) is 12.8 Å². The normalized spacial score (nSPS) is 16.7. The van der Waals surface area contributed by atoms with Crippen LogP contribution in [0.4, 0.5) is 10.5 Å². The fraction of sp³-hybridized carbons (Fsp3) is 0.364. The fourth-order valence-corrected chi connectivity index (χ4v) is 4.44. The van der Waals surface area contributed by atoms with Crippen molar-refractivity contribution in [1.29, 1.82) is 0 Å². The van der Waals surface area contributed by atoms with Crippen molar-refractivity contribution in [2.75, 3.05) is 19.2 Å². The van der Waals surface area contributed by atoms with Gasteiger partial charge in [-0.3, -0.25) is 0 Å². The van der Waals surface area contributed by atoms with E-state index >= 15 is 0 Å².